The number of fused-ring (bicyclic) bond motifs is 1. The smallest absolute Gasteiger partial charge is 0.133 e. The van der Waals surface area contributed by atoms with E-state index >= 15 is 0 Å². The van der Waals surface area contributed by atoms with Gasteiger partial charge in [0.2, 0.25) is 0 Å². The molecule has 3 unspecified atom stereocenters. The Kier molecular flexibility index (Phi) is 6.38. The predicted molar refractivity (Wildman–Crippen MR) is 78.5 cm³/mol. The third kappa shape index (κ3) is 3.57. The molecule has 0 aromatic carbocycles. The molecule has 3 atom stereocenters. The molecule has 0 N–H and O–H groups in total. The van der Waals surface area contributed by atoms with Gasteiger partial charge >= 0.3 is 0 Å². The molecule has 3 rings (SSSR count). The SMILES string of the molecule is CC.CC.O=C1CCCC(C2=CC=CC3CC23)C1. The summed E-state index contributed by atoms with van der Waals surface area (Å²) in [5, 5.41) is 0. The Bertz CT molecular complexity index is 325. The summed E-state index contributed by atoms with van der Waals surface area (Å²) in [5.41, 5.74) is 1.59. The van der Waals surface area contributed by atoms with E-state index in [9.17, 15) is 4.79 Å². The molecule has 1 nitrogen and oxygen atoms in total. The fourth-order valence-electron chi connectivity index (χ4n) is 2.99. The standard InChI is InChI=1S/C13H16O.2C2H6/c14-11-5-1-3-9(7-11)12-6-2-4-10-8-13(10)12;2*1-2/h2,4,6,9-10,13H,1,3,5,7-8H2;2*1-2H3. The Morgan fingerprint density at radius 1 is 1.17 bits per heavy atom. The highest BCUT2D eigenvalue weighted by molar-refractivity contribution is 5.79. The zero-order valence-electron chi connectivity index (χ0n) is 12.4. The first-order valence-corrected chi connectivity index (χ1v) is 7.74. The van der Waals surface area contributed by atoms with Crippen molar-refractivity contribution < 1.29 is 4.79 Å². The van der Waals surface area contributed by atoms with Crippen LogP contribution in [0.5, 0.6) is 0 Å². The molecular weight excluding hydrogens is 220 g/mol. The van der Waals surface area contributed by atoms with Crippen molar-refractivity contribution in [1.29, 1.82) is 0 Å². The summed E-state index contributed by atoms with van der Waals surface area (Å²) in [7, 11) is 0. The summed E-state index contributed by atoms with van der Waals surface area (Å²) >= 11 is 0. The van der Waals surface area contributed by atoms with Gasteiger partial charge in [-0.15, -0.1) is 0 Å². The summed E-state index contributed by atoms with van der Waals surface area (Å²) in [6, 6.07) is 0. The van der Waals surface area contributed by atoms with E-state index in [1.54, 1.807) is 5.57 Å². The van der Waals surface area contributed by atoms with Crippen LogP contribution in [0.25, 0.3) is 0 Å². The summed E-state index contributed by atoms with van der Waals surface area (Å²) in [5.74, 6) is 2.72. The summed E-state index contributed by atoms with van der Waals surface area (Å²) in [6.07, 6.45) is 12.1. The molecule has 0 aromatic heterocycles. The second-order valence-electron chi connectivity index (χ2n) is 4.89. The van der Waals surface area contributed by atoms with Crippen LogP contribution in [-0.4, -0.2) is 5.78 Å². The highest BCUT2D eigenvalue weighted by Gasteiger charge is 2.42. The maximum atomic E-state index is 11.4. The number of hydrogen-bond acceptors (Lipinski definition) is 1. The molecule has 0 radical (unpaired) electrons. The first-order valence-electron chi connectivity index (χ1n) is 7.74. The van der Waals surface area contributed by atoms with E-state index in [2.05, 4.69) is 18.2 Å². The van der Waals surface area contributed by atoms with E-state index in [1.807, 2.05) is 27.7 Å². The molecule has 3 aliphatic carbocycles. The number of carbonyl (C=O) groups is 1. The van der Waals surface area contributed by atoms with Crippen molar-refractivity contribution >= 4 is 5.78 Å². The van der Waals surface area contributed by atoms with Gasteiger partial charge in [-0.25, -0.2) is 0 Å². The molecule has 0 amide bonds. The van der Waals surface area contributed by atoms with Crippen molar-refractivity contribution in [2.24, 2.45) is 17.8 Å². The Morgan fingerprint density at radius 3 is 2.56 bits per heavy atom. The summed E-state index contributed by atoms with van der Waals surface area (Å²) in [4.78, 5) is 11.4. The summed E-state index contributed by atoms with van der Waals surface area (Å²) < 4.78 is 0. The van der Waals surface area contributed by atoms with Crippen LogP contribution < -0.4 is 0 Å². The van der Waals surface area contributed by atoms with Crippen LogP contribution in [0, 0.1) is 17.8 Å². The maximum absolute atomic E-state index is 11.4. The quantitative estimate of drug-likeness (QED) is 0.643. The number of hydrogen-bond donors (Lipinski definition) is 0. The number of carbonyl (C=O) groups excluding carboxylic acids is 1. The molecular formula is C17H28O. The monoisotopic (exact) mass is 248 g/mol. The summed E-state index contributed by atoms with van der Waals surface area (Å²) in [6.45, 7) is 8.00. The van der Waals surface area contributed by atoms with Crippen LogP contribution in [-0.2, 0) is 4.79 Å². The van der Waals surface area contributed by atoms with E-state index in [-0.39, 0.29) is 0 Å². The maximum Gasteiger partial charge on any atom is 0.133 e. The van der Waals surface area contributed by atoms with Crippen molar-refractivity contribution in [3.05, 3.63) is 23.8 Å². The lowest BCUT2D eigenvalue weighted by molar-refractivity contribution is -0.121. The second-order valence-corrected chi connectivity index (χ2v) is 4.89. The first-order chi connectivity index (χ1) is 8.84. The molecule has 102 valence electrons. The largest absolute Gasteiger partial charge is 0.300 e. The number of Topliss-reactive ketones (excluding diaryl/α,β-unsaturated/α-hetero) is 1. The average Bonchev–Trinajstić information content (AvgIpc) is 3.22. The molecule has 0 saturated heterocycles. The highest BCUT2D eigenvalue weighted by atomic mass is 16.1. The van der Waals surface area contributed by atoms with E-state index in [0.717, 1.165) is 31.1 Å². The average molecular weight is 248 g/mol. The zero-order chi connectivity index (χ0) is 13.5. The van der Waals surface area contributed by atoms with Crippen molar-refractivity contribution in [3.63, 3.8) is 0 Å². The van der Waals surface area contributed by atoms with Crippen molar-refractivity contribution in [2.75, 3.05) is 0 Å². The zero-order valence-corrected chi connectivity index (χ0v) is 12.4. The first kappa shape index (κ1) is 15.2. The van der Waals surface area contributed by atoms with Crippen LogP contribution in [0.3, 0.4) is 0 Å². The Labute approximate surface area is 112 Å². The van der Waals surface area contributed by atoms with Crippen LogP contribution >= 0.6 is 0 Å². The van der Waals surface area contributed by atoms with Crippen LogP contribution in [0.4, 0.5) is 0 Å². The molecule has 1 heteroatoms. The van der Waals surface area contributed by atoms with Gasteiger partial charge in [0.1, 0.15) is 5.78 Å². The van der Waals surface area contributed by atoms with Gasteiger partial charge in [0, 0.05) is 12.8 Å². The fourth-order valence-corrected chi connectivity index (χ4v) is 2.99. The van der Waals surface area contributed by atoms with Gasteiger partial charge in [-0.2, -0.15) is 0 Å². The molecule has 0 aromatic rings. The highest BCUT2D eigenvalue weighted by Crippen LogP contribution is 2.51. The minimum absolute atomic E-state index is 0.480. The topological polar surface area (TPSA) is 17.1 Å². The van der Waals surface area contributed by atoms with Gasteiger partial charge in [0.25, 0.3) is 0 Å². The van der Waals surface area contributed by atoms with Gasteiger partial charge in [0.05, 0.1) is 0 Å². The Hall–Kier alpha value is -0.850. The third-order valence-corrected chi connectivity index (χ3v) is 3.87. The third-order valence-electron chi connectivity index (χ3n) is 3.87. The van der Waals surface area contributed by atoms with E-state index in [1.165, 1.54) is 12.8 Å². The second kappa shape index (κ2) is 7.56. The molecule has 0 aliphatic heterocycles. The molecule has 0 bridgehead atoms. The molecule has 0 spiro atoms. The number of rotatable bonds is 1. The lowest BCUT2D eigenvalue weighted by Crippen LogP contribution is -2.18. The van der Waals surface area contributed by atoms with Gasteiger partial charge in [0.15, 0.2) is 0 Å². The van der Waals surface area contributed by atoms with E-state index < -0.39 is 0 Å². The molecule has 18 heavy (non-hydrogen) atoms. The van der Waals surface area contributed by atoms with Crippen LogP contribution in [0.15, 0.2) is 23.8 Å². The van der Waals surface area contributed by atoms with Crippen molar-refractivity contribution in [1.82, 2.24) is 0 Å². The van der Waals surface area contributed by atoms with Gasteiger partial charge in [-0.05, 0) is 37.0 Å². The lowest BCUT2D eigenvalue weighted by Gasteiger charge is -2.24. The van der Waals surface area contributed by atoms with Crippen LogP contribution in [0.2, 0.25) is 0 Å². The minimum Gasteiger partial charge on any atom is -0.300 e. The fraction of sp³-hybridized carbons (Fsp3) is 0.706. The lowest BCUT2D eigenvalue weighted by atomic mass is 9.80. The number of ketones is 1. The normalized spacial score (nSPS) is 32.1. The Morgan fingerprint density at radius 2 is 1.89 bits per heavy atom. The van der Waals surface area contributed by atoms with E-state index in [4.69, 9.17) is 0 Å². The molecule has 3 aliphatic rings. The molecule has 2 fully saturated rings. The van der Waals surface area contributed by atoms with Gasteiger partial charge in [-0.1, -0.05) is 51.5 Å². The van der Waals surface area contributed by atoms with Crippen molar-refractivity contribution in [3.8, 4) is 0 Å². The number of allylic oxidation sites excluding steroid dienone is 4. The molecule has 0 heterocycles. The van der Waals surface area contributed by atoms with E-state index in [0.29, 0.717) is 11.7 Å². The molecule has 2 saturated carbocycles. The van der Waals surface area contributed by atoms with Gasteiger partial charge < -0.3 is 0 Å². The predicted octanol–water partition coefficient (Wildman–Crippen LogP) is 4.93. The Balaban J connectivity index is 0.000000371. The minimum atomic E-state index is 0.480. The van der Waals surface area contributed by atoms with Crippen molar-refractivity contribution in [2.45, 2.75) is 59.8 Å². The van der Waals surface area contributed by atoms with Gasteiger partial charge in [-0.3, -0.25) is 4.79 Å². The van der Waals surface area contributed by atoms with Crippen LogP contribution in [0.1, 0.15) is 59.8 Å².